The first-order valence-electron chi connectivity index (χ1n) is 6.15. The molecule has 2 nitrogen and oxygen atoms in total. The second-order valence-electron chi connectivity index (χ2n) is 4.73. The van der Waals surface area contributed by atoms with Crippen LogP contribution in [-0.2, 0) is 6.42 Å². The molecular weight excluding hydrogens is 248 g/mol. The minimum absolute atomic E-state index is 0.0138. The number of terminal acetylenes is 1. The molecule has 0 unspecified atom stereocenters. The summed E-state index contributed by atoms with van der Waals surface area (Å²) in [7, 11) is 0. The first-order valence-corrected chi connectivity index (χ1v) is 6.15. The van der Waals surface area contributed by atoms with Crippen molar-refractivity contribution in [3.8, 4) is 12.3 Å². The Morgan fingerprint density at radius 2 is 1.95 bits per heavy atom. The van der Waals surface area contributed by atoms with Crippen LogP contribution in [0.4, 0.5) is 8.78 Å². The van der Waals surface area contributed by atoms with Gasteiger partial charge in [0.1, 0.15) is 11.6 Å². The van der Waals surface area contributed by atoms with Gasteiger partial charge in [-0.15, -0.1) is 12.3 Å². The van der Waals surface area contributed by atoms with Gasteiger partial charge in [0.2, 0.25) is 0 Å². The second-order valence-corrected chi connectivity index (χ2v) is 4.73. The maximum atomic E-state index is 13.7. The molecule has 1 amide bonds. The average molecular weight is 265 g/mol. The molecular formula is C15H17F2NO. The molecule has 102 valence electrons. The Kier molecular flexibility index (Phi) is 5.50. The highest BCUT2D eigenvalue weighted by Gasteiger charge is 2.14. The van der Waals surface area contributed by atoms with Crippen molar-refractivity contribution in [2.45, 2.75) is 26.7 Å². The van der Waals surface area contributed by atoms with Crippen LogP contribution in [0.1, 0.15) is 36.2 Å². The third kappa shape index (κ3) is 4.36. The number of halogens is 2. The summed E-state index contributed by atoms with van der Waals surface area (Å²) < 4.78 is 27.4. The molecule has 1 rings (SSSR count). The summed E-state index contributed by atoms with van der Waals surface area (Å²) in [6.45, 7) is 4.33. The standard InChI is InChI=1S/C15H17F2NO/c1-4-5-6-12-13(16)7-11(8-14(12)17)15(19)18-9-10(2)3/h1,7-8,10H,5-6,9H2,2-3H3,(H,18,19). The Balaban J connectivity index is 2.88. The molecule has 0 spiro atoms. The second kappa shape index (κ2) is 6.89. The summed E-state index contributed by atoms with van der Waals surface area (Å²) in [6, 6.07) is 2.09. The van der Waals surface area contributed by atoms with Crippen molar-refractivity contribution in [2.24, 2.45) is 5.92 Å². The zero-order valence-electron chi connectivity index (χ0n) is 11.1. The van der Waals surface area contributed by atoms with Crippen LogP contribution in [0.25, 0.3) is 0 Å². The van der Waals surface area contributed by atoms with Gasteiger partial charge in [0.05, 0.1) is 0 Å². The fourth-order valence-electron chi connectivity index (χ4n) is 1.57. The van der Waals surface area contributed by atoms with E-state index < -0.39 is 17.5 Å². The molecule has 0 aromatic heterocycles. The molecule has 0 radical (unpaired) electrons. The largest absolute Gasteiger partial charge is 0.352 e. The van der Waals surface area contributed by atoms with E-state index in [1.54, 1.807) is 0 Å². The molecule has 19 heavy (non-hydrogen) atoms. The van der Waals surface area contributed by atoms with Crippen molar-refractivity contribution in [1.82, 2.24) is 5.32 Å². The first kappa shape index (κ1) is 15.2. The lowest BCUT2D eigenvalue weighted by molar-refractivity contribution is 0.0948. The van der Waals surface area contributed by atoms with E-state index in [1.165, 1.54) is 0 Å². The SMILES string of the molecule is C#CCCc1c(F)cc(C(=O)NCC(C)C)cc1F. The minimum atomic E-state index is -0.732. The third-order valence-electron chi connectivity index (χ3n) is 2.59. The Labute approximate surface area is 112 Å². The molecule has 0 aliphatic rings. The van der Waals surface area contributed by atoms with Crippen LogP contribution in [0.5, 0.6) is 0 Å². The van der Waals surface area contributed by atoms with Gasteiger partial charge in [0.25, 0.3) is 5.91 Å². The zero-order chi connectivity index (χ0) is 14.4. The summed E-state index contributed by atoms with van der Waals surface area (Å²) in [5.41, 5.74) is -0.0848. The molecule has 0 heterocycles. The summed E-state index contributed by atoms with van der Waals surface area (Å²) in [6.07, 6.45) is 5.45. The van der Waals surface area contributed by atoms with E-state index >= 15 is 0 Å². The van der Waals surface area contributed by atoms with Crippen LogP contribution in [0.15, 0.2) is 12.1 Å². The molecule has 0 aliphatic heterocycles. The van der Waals surface area contributed by atoms with Gasteiger partial charge in [0.15, 0.2) is 0 Å². The Bertz CT molecular complexity index is 480. The Morgan fingerprint density at radius 1 is 1.37 bits per heavy atom. The maximum Gasteiger partial charge on any atom is 0.251 e. The topological polar surface area (TPSA) is 29.1 Å². The van der Waals surface area contributed by atoms with Gasteiger partial charge in [0, 0.05) is 24.1 Å². The number of rotatable bonds is 5. The van der Waals surface area contributed by atoms with Gasteiger partial charge in [-0.1, -0.05) is 13.8 Å². The average Bonchev–Trinajstić information content (AvgIpc) is 2.34. The lowest BCUT2D eigenvalue weighted by atomic mass is 10.0. The van der Waals surface area contributed by atoms with Gasteiger partial charge in [-0.2, -0.15) is 0 Å². The lowest BCUT2D eigenvalue weighted by Crippen LogP contribution is -2.27. The Morgan fingerprint density at radius 3 is 2.42 bits per heavy atom. The van der Waals surface area contributed by atoms with Crippen LogP contribution < -0.4 is 5.32 Å². The van der Waals surface area contributed by atoms with E-state index in [2.05, 4.69) is 11.2 Å². The molecule has 4 heteroatoms. The molecule has 0 fully saturated rings. The molecule has 0 saturated carbocycles. The van der Waals surface area contributed by atoms with Crippen molar-refractivity contribution < 1.29 is 13.6 Å². The van der Waals surface area contributed by atoms with E-state index in [1.807, 2.05) is 13.8 Å². The predicted molar refractivity (Wildman–Crippen MR) is 70.7 cm³/mol. The normalized spacial score (nSPS) is 10.3. The van der Waals surface area contributed by atoms with Gasteiger partial charge in [-0.25, -0.2) is 8.78 Å². The van der Waals surface area contributed by atoms with Crippen LogP contribution >= 0.6 is 0 Å². The number of benzene rings is 1. The van der Waals surface area contributed by atoms with Crippen molar-refractivity contribution in [1.29, 1.82) is 0 Å². The predicted octanol–water partition coefficient (Wildman–Crippen LogP) is 2.92. The molecule has 1 aromatic carbocycles. The Hall–Kier alpha value is -1.89. The van der Waals surface area contributed by atoms with E-state index in [4.69, 9.17) is 6.42 Å². The van der Waals surface area contributed by atoms with E-state index in [0.717, 1.165) is 12.1 Å². The molecule has 0 aliphatic carbocycles. The highest BCUT2D eigenvalue weighted by atomic mass is 19.1. The molecule has 0 bridgehead atoms. The van der Waals surface area contributed by atoms with Crippen molar-refractivity contribution >= 4 is 5.91 Å². The quantitative estimate of drug-likeness (QED) is 0.815. The number of hydrogen-bond acceptors (Lipinski definition) is 1. The number of nitrogens with one attached hydrogen (secondary N) is 1. The van der Waals surface area contributed by atoms with Crippen LogP contribution in [0, 0.1) is 29.9 Å². The number of carbonyl (C=O) groups is 1. The van der Waals surface area contributed by atoms with Crippen LogP contribution in [0.3, 0.4) is 0 Å². The zero-order valence-corrected chi connectivity index (χ0v) is 11.1. The van der Waals surface area contributed by atoms with Crippen LogP contribution in [-0.4, -0.2) is 12.5 Å². The third-order valence-corrected chi connectivity index (χ3v) is 2.59. The smallest absolute Gasteiger partial charge is 0.251 e. The number of amides is 1. The van der Waals surface area contributed by atoms with Gasteiger partial charge in [-0.3, -0.25) is 4.79 Å². The molecule has 1 aromatic rings. The van der Waals surface area contributed by atoms with Gasteiger partial charge >= 0.3 is 0 Å². The highest BCUT2D eigenvalue weighted by molar-refractivity contribution is 5.94. The van der Waals surface area contributed by atoms with E-state index in [0.29, 0.717) is 6.54 Å². The lowest BCUT2D eigenvalue weighted by Gasteiger charge is -2.09. The van der Waals surface area contributed by atoms with Crippen molar-refractivity contribution in [3.05, 3.63) is 34.9 Å². The van der Waals surface area contributed by atoms with Crippen LogP contribution in [0.2, 0.25) is 0 Å². The molecule has 0 atom stereocenters. The summed E-state index contributed by atoms with van der Waals surface area (Å²) in [5.74, 6) is 0.660. The number of hydrogen-bond donors (Lipinski definition) is 1. The molecule has 0 saturated heterocycles. The molecule has 1 N–H and O–H groups in total. The minimum Gasteiger partial charge on any atom is -0.352 e. The van der Waals surface area contributed by atoms with Gasteiger partial charge in [-0.05, 0) is 24.5 Å². The van der Waals surface area contributed by atoms with E-state index in [9.17, 15) is 13.6 Å². The van der Waals surface area contributed by atoms with Gasteiger partial charge < -0.3 is 5.32 Å². The van der Waals surface area contributed by atoms with Crippen molar-refractivity contribution in [2.75, 3.05) is 6.54 Å². The summed E-state index contributed by atoms with van der Waals surface area (Å²) in [5, 5.41) is 2.61. The highest BCUT2D eigenvalue weighted by Crippen LogP contribution is 2.17. The summed E-state index contributed by atoms with van der Waals surface area (Å²) >= 11 is 0. The fraction of sp³-hybridized carbons (Fsp3) is 0.400. The maximum absolute atomic E-state index is 13.7. The summed E-state index contributed by atoms with van der Waals surface area (Å²) in [4.78, 5) is 11.7. The first-order chi connectivity index (χ1) is 8.95. The monoisotopic (exact) mass is 265 g/mol. The van der Waals surface area contributed by atoms with E-state index in [-0.39, 0.29) is 29.9 Å². The van der Waals surface area contributed by atoms with Crippen molar-refractivity contribution in [3.63, 3.8) is 0 Å². The number of carbonyl (C=O) groups excluding carboxylic acids is 1. The fourth-order valence-corrected chi connectivity index (χ4v) is 1.57.